The van der Waals surface area contributed by atoms with Crippen LogP contribution in [0, 0.1) is 11.7 Å². The number of nitrogens with zero attached hydrogens (tertiary/aromatic N) is 1. The molecule has 3 heteroatoms. The summed E-state index contributed by atoms with van der Waals surface area (Å²) < 4.78 is 13.2. The van der Waals surface area contributed by atoms with Crippen LogP contribution in [-0.4, -0.2) is 32.1 Å². The minimum Gasteiger partial charge on any atom is -0.315 e. The van der Waals surface area contributed by atoms with Crippen molar-refractivity contribution in [1.82, 2.24) is 10.2 Å². The highest BCUT2D eigenvalue weighted by Crippen LogP contribution is 2.18. The van der Waals surface area contributed by atoms with Crippen LogP contribution in [0.4, 0.5) is 4.39 Å². The Morgan fingerprint density at radius 2 is 2.00 bits per heavy atom. The van der Waals surface area contributed by atoms with Crippen LogP contribution in [-0.2, 0) is 0 Å². The average Bonchev–Trinajstić information content (AvgIpc) is 2.27. The summed E-state index contributed by atoms with van der Waals surface area (Å²) >= 11 is 0. The first-order chi connectivity index (χ1) is 8.50. The van der Waals surface area contributed by atoms with E-state index in [1.165, 1.54) is 12.5 Å². The van der Waals surface area contributed by atoms with Crippen molar-refractivity contribution < 1.29 is 4.39 Å². The van der Waals surface area contributed by atoms with E-state index in [9.17, 15) is 4.39 Å². The molecule has 0 aliphatic rings. The molecule has 1 atom stereocenters. The topological polar surface area (TPSA) is 15.3 Å². The van der Waals surface area contributed by atoms with Gasteiger partial charge in [0.1, 0.15) is 5.82 Å². The van der Waals surface area contributed by atoms with Gasteiger partial charge in [-0.15, -0.1) is 0 Å². The number of hydrogen-bond donors (Lipinski definition) is 1. The molecule has 1 aromatic carbocycles. The van der Waals surface area contributed by atoms with Crippen molar-refractivity contribution in [2.24, 2.45) is 5.92 Å². The van der Waals surface area contributed by atoms with Gasteiger partial charge in [-0.1, -0.05) is 26.0 Å². The van der Waals surface area contributed by atoms with Gasteiger partial charge >= 0.3 is 0 Å². The largest absolute Gasteiger partial charge is 0.315 e. The molecule has 0 amide bonds. The fourth-order valence-corrected chi connectivity index (χ4v) is 1.94. The lowest BCUT2D eigenvalue weighted by Crippen LogP contribution is -2.31. The normalized spacial score (nSPS) is 13.3. The zero-order chi connectivity index (χ0) is 13.5. The van der Waals surface area contributed by atoms with Gasteiger partial charge in [-0.25, -0.2) is 4.39 Å². The Labute approximate surface area is 110 Å². The second-order valence-electron chi connectivity index (χ2n) is 5.42. The number of halogens is 1. The Balaban J connectivity index is 2.55. The second-order valence-corrected chi connectivity index (χ2v) is 5.42. The molecule has 0 aliphatic heterocycles. The number of benzene rings is 1. The predicted octanol–water partition coefficient (Wildman–Crippen LogP) is 3.06. The maximum atomic E-state index is 13.2. The van der Waals surface area contributed by atoms with Crippen molar-refractivity contribution in [3.05, 3.63) is 35.6 Å². The van der Waals surface area contributed by atoms with Crippen LogP contribution in [0.15, 0.2) is 24.3 Å². The molecule has 0 saturated carbocycles. The monoisotopic (exact) mass is 252 g/mol. The van der Waals surface area contributed by atoms with Crippen molar-refractivity contribution >= 4 is 0 Å². The summed E-state index contributed by atoms with van der Waals surface area (Å²) in [5.74, 6) is 0.547. The molecule has 0 saturated heterocycles. The molecule has 1 rings (SSSR count). The van der Waals surface area contributed by atoms with Gasteiger partial charge in [0.2, 0.25) is 0 Å². The summed E-state index contributed by atoms with van der Waals surface area (Å²) in [5.41, 5.74) is 1.03. The fourth-order valence-electron chi connectivity index (χ4n) is 1.94. The third-order valence-corrected chi connectivity index (χ3v) is 3.09. The van der Waals surface area contributed by atoms with E-state index in [0.717, 1.165) is 18.7 Å². The van der Waals surface area contributed by atoms with E-state index < -0.39 is 0 Å². The maximum Gasteiger partial charge on any atom is 0.123 e. The van der Waals surface area contributed by atoms with Crippen LogP contribution >= 0.6 is 0 Å². The molecule has 102 valence electrons. The van der Waals surface area contributed by atoms with Crippen molar-refractivity contribution in [1.29, 1.82) is 0 Å². The molecule has 0 fully saturated rings. The van der Waals surface area contributed by atoms with Gasteiger partial charge in [0.25, 0.3) is 0 Å². The Morgan fingerprint density at radius 3 is 2.56 bits per heavy atom. The molecule has 0 spiro atoms. The van der Waals surface area contributed by atoms with E-state index in [1.807, 2.05) is 20.2 Å². The van der Waals surface area contributed by atoms with E-state index >= 15 is 0 Å². The lowest BCUT2D eigenvalue weighted by Gasteiger charge is -2.25. The van der Waals surface area contributed by atoms with E-state index in [0.29, 0.717) is 5.92 Å². The highest BCUT2D eigenvalue weighted by Gasteiger charge is 2.13. The second kappa shape index (κ2) is 7.49. The van der Waals surface area contributed by atoms with Crippen LogP contribution < -0.4 is 5.32 Å². The summed E-state index contributed by atoms with van der Waals surface area (Å²) in [6.07, 6.45) is 1.17. The predicted molar refractivity (Wildman–Crippen MR) is 75.2 cm³/mol. The van der Waals surface area contributed by atoms with E-state index in [4.69, 9.17) is 0 Å². The summed E-state index contributed by atoms with van der Waals surface area (Å²) in [4.78, 5) is 2.12. The van der Waals surface area contributed by atoms with Gasteiger partial charge in [-0.3, -0.25) is 0 Å². The molecule has 0 bridgehead atoms. The Hall–Kier alpha value is -0.930. The zero-order valence-corrected chi connectivity index (χ0v) is 11.9. The molecule has 0 aromatic heterocycles. The zero-order valence-electron chi connectivity index (χ0n) is 11.9. The quantitative estimate of drug-likeness (QED) is 0.750. The maximum absolute atomic E-state index is 13.2. The minimum atomic E-state index is -0.165. The fraction of sp³-hybridized carbons (Fsp3) is 0.600. The highest BCUT2D eigenvalue weighted by molar-refractivity contribution is 5.20. The van der Waals surface area contributed by atoms with Crippen LogP contribution in [0.5, 0.6) is 0 Å². The number of rotatable bonds is 7. The lowest BCUT2D eigenvalue weighted by molar-refractivity contribution is 0.286. The van der Waals surface area contributed by atoms with Crippen molar-refractivity contribution in [3.8, 4) is 0 Å². The van der Waals surface area contributed by atoms with Gasteiger partial charge in [0.05, 0.1) is 0 Å². The number of nitrogens with one attached hydrogen (secondary N) is 1. The summed E-state index contributed by atoms with van der Waals surface area (Å²) in [6, 6.07) is 7.08. The Bertz CT molecular complexity index is 350. The number of hydrogen-bond acceptors (Lipinski definition) is 2. The molecule has 0 radical (unpaired) electrons. The van der Waals surface area contributed by atoms with Crippen LogP contribution in [0.25, 0.3) is 0 Å². The standard InChI is InChI=1S/C15H25FN2/c1-12(2)8-9-17-11-15(18(3)4)13-6-5-7-14(16)10-13/h5-7,10,12,15,17H,8-9,11H2,1-4H3. The third kappa shape index (κ3) is 5.15. The molecule has 18 heavy (non-hydrogen) atoms. The van der Waals surface area contributed by atoms with Crippen molar-refractivity contribution in [2.45, 2.75) is 26.3 Å². The Kier molecular flexibility index (Phi) is 6.30. The van der Waals surface area contributed by atoms with E-state index in [1.54, 1.807) is 12.1 Å². The number of likely N-dealkylation sites (N-methyl/N-ethyl adjacent to an activating group) is 1. The molecular weight excluding hydrogens is 227 g/mol. The van der Waals surface area contributed by atoms with Crippen molar-refractivity contribution in [2.75, 3.05) is 27.2 Å². The molecular formula is C15H25FN2. The van der Waals surface area contributed by atoms with Gasteiger partial charge in [0.15, 0.2) is 0 Å². The Morgan fingerprint density at radius 1 is 1.28 bits per heavy atom. The smallest absolute Gasteiger partial charge is 0.123 e. The van der Waals surface area contributed by atoms with Gasteiger partial charge in [0, 0.05) is 12.6 Å². The SMILES string of the molecule is CC(C)CCNCC(c1cccc(F)c1)N(C)C. The van der Waals surface area contributed by atoms with Gasteiger partial charge < -0.3 is 10.2 Å². The highest BCUT2D eigenvalue weighted by atomic mass is 19.1. The molecule has 1 unspecified atom stereocenters. The third-order valence-electron chi connectivity index (χ3n) is 3.09. The molecule has 0 aliphatic carbocycles. The van der Waals surface area contributed by atoms with Gasteiger partial charge in [-0.05, 0) is 50.7 Å². The summed E-state index contributed by atoms with van der Waals surface area (Å²) in [7, 11) is 4.05. The van der Waals surface area contributed by atoms with Crippen LogP contribution in [0.2, 0.25) is 0 Å². The van der Waals surface area contributed by atoms with Crippen LogP contribution in [0.3, 0.4) is 0 Å². The molecule has 1 aromatic rings. The average molecular weight is 252 g/mol. The first-order valence-corrected chi connectivity index (χ1v) is 6.63. The molecule has 0 heterocycles. The van der Waals surface area contributed by atoms with Gasteiger partial charge in [-0.2, -0.15) is 0 Å². The van der Waals surface area contributed by atoms with Crippen molar-refractivity contribution in [3.63, 3.8) is 0 Å². The van der Waals surface area contributed by atoms with Crippen LogP contribution in [0.1, 0.15) is 31.9 Å². The minimum absolute atomic E-state index is 0.165. The summed E-state index contributed by atoms with van der Waals surface area (Å²) in [5, 5.41) is 3.45. The lowest BCUT2D eigenvalue weighted by atomic mass is 10.1. The first-order valence-electron chi connectivity index (χ1n) is 6.63. The van der Waals surface area contributed by atoms with E-state index in [-0.39, 0.29) is 11.9 Å². The molecule has 1 N–H and O–H groups in total. The molecule has 2 nitrogen and oxygen atoms in total. The van der Waals surface area contributed by atoms with E-state index in [2.05, 4.69) is 24.1 Å². The summed E-state index contributed by atoms with van der Waals surface area (Å²) in [6.45, 7) is 6.30. The first kappa shape index (κ1) is 15.1.